The average Bonchev–Trinajstić information content (AvgIpc) is 2.78. The number of hydrogen-bond acceptors (Lipinski definition) is 3. The largest absolute Gasteiger partial charge is 0.378 e. The Morgan fingerprint density at radius 1 is 1.42 bits per heavy atom. The molecule has 0 aliphatic heterocycles. The minimum absolute atomic E-state index is 0.0342. The van der Waals surface area contributed by atoms with Crippen LogP contribution in [0.1, 0.15) is 46.5 Å². The number of nitrogens with two attached hydrogens (primary N) is 1. The van der Waals surface area contributed by atoms with E-state index in [1.165, 1.54) is 0 Å². The lowest BCUT2D eigenvalue weighted by Crippen LogP contribution is -2.63. The first-order valence-corrected chi connectivity index (χ1v) is 7.53. The quantitative estimate of drug-likeness (QED) is 0.845. The first-order chi connectivity index (χ1) is 8.89. The second kappa shape index (κ2) is 5.41. The van der Waals surface area contributed by atoms with Crippen molar-refractivity contribution in [2.75, 3.05) is 13.7 Å². The maximum Gasteiger partial charge on any atom is 0.227 e. The van der Waals surface area contributed by atoms with Crippen molar-refractivity contribution in [3.05, 3.63) is 0 Å². The lowest BCUT2D eigenvalue weighted by atomic mass is 9.63. The molecular weight excluding hydrogens is 240 g/mol. The summed E-state index contributed by atoms with van der Waals surface area (Å²) in [5.74, 6) is 0.268. The highest BCUT2D eigenvalue weighted by Gasteiger charge is 2.52. The second-order valence-electron chi connectivity index (χ2n) is 6.67. The van der Waals surface area contributed by atoms with Crippen molar-refractivity contribution in [2.45, 2.75) is 64.6 Å². The summed E-state index contributed by atoms with van der Waals surface area (Å²) in [4.78, 5) is 14.5. The van der Waals surface area contributed by atoms with Gasteiger partial charge in [-0.15, -0.1) is 0 Å². The lowest BCUT2D eigenvalue weighted by molar-refractivity contribution is -0.166. The number of carbonyl (C=O) groups is 1. The maximum atomic E-state index is 12.5. The molecule has 0 saturated heterocycles. The Labute approximate surface area is 116 Å². The van der Waals surface area contributed by atoms with Crippen molar-refractivity contribution in [3.63, 3.8) is 0 Å². The summed E-state index contributed by atoms with van der Waals surface area (Å²) in [5, 5.41) is 0. The Hall–Kier alpha value is -0.610. The van der Waals surface area contributed by atoms with Crippen LogP contribution < -0.4 is 5.73 Å². The first kappa shape index (κ1) is 14.8. The van der Waals surface area contributed by atoms with E-state index in [9.17, 15) is 4.79 Å². The first-order valence-electron chi connectivity index (χ1n) is 7.53. The molecule has 0 unspecified atom stereocenters. The predicted octanol–water partition coefficient (Wildman–Crippen LogP) is 1.78. The average molecular weight is 268 g/mol. The molecule has 2 rings (SSSR count). The fraction of sp³-hybridized carbons (Fsp3) is 0.933. The number of amides is 1. The van der Waals surface area contributed by atoms with Crippen LogP contribution in [0, 0.1) is 11.3 Å². The van der Waals surface area contributed by atoms with Crippen LogP contribution in [-0.4, -0.2) is 42.6 Å². The van der Waals surface area contributed by atoms with E-state index in [0.29, 0.717) is 0 Å². The Morgan fingerprint density at radius 2 is 2.11 bits per heavy atom. The van der Waals surface area contributed by atoms with Crippen molar-refractivity contribution in [2.24, 2.45) is 17.1 Å². The van der Waals surface area contributed by atoms with Crippen LogP contribution in [0.3, 0.4) is 0 Å². The summed E-state index contributed by atoms with van der Waals surface area (Å²) in [6, 6.07) is 0.338. The molecule has 1 amide bonds. The number of nitrogens with zero attached hydrogens (tertiary/aromatic N) is 1. The van der Waals surface area contributed by atoms with Gasteiger partial charge in [-0.3, -0.25) is 4.79 Å². The molecule has 4 nitrogen and oxygen atoms in total. The van der Waals surface area contributed by atoms with Gasteiger partial charge in [-0.1, -0.05) is 20.3 Å². The SMILES string of the molecule is CCO[C@@H]1C[C@H](N(C)C(=O)[C@H]2CCC[C@@H]2N)C1(C)C. The van der Waals surface area contributed by atoms with Crippen LogP contribution in [0.5, 0.6) is 0 Å². The van der Waals surface area contributed by atoms with Crippen molar-refractivity contribution in [1.82, 2.24) is 4.90 Å². The summed E-state index contributed by atoms with van der Waals surface area (Å²) < 4.78 is 5.74. The number of carbonyl (C=O) groups excluding carboxylic acids is 1. The molecular formula is C15H28N2O2. The smallest absolute Gasteiger partial charge is 0.227 e. The molecule has 4 heteroatoms. The van der Waals surface area contributed by atoms with Crippen LogP contribution >= 0.6 is 0 Å². The van der Waals surface area contributed by atoms with Gasteiger partial charge in [0.05, 0.1) is 12.0 Å². The molecule has 19 heavy (non-hydrogen) atoms. The third-order valence-electron chi connectivity index (χ3n) is 5.20. The summed E-state index contributed by atoms with van der Waals surface area (Å²) in [6.07, 6.45) is 4.24. The fourth-order valence-electron chi connectivity index (χ4n) is 3.72. The standard InChI is InChI=1S/C15H28N2O2/c1-5-19-13-9-12(15(13,2)3)17(4)14(18)10-7-6-8-11(10)16/h10-13H,5-9,16H2,1-4H3/t10-,11-,12-,13+/m0/s1. The van der Waals surface area contributed by atoms with Crippen molar-refractivity contribution in [1.29, 1.82) is 0 Å². The van der Waals surface area contributed by atoms with E-state index in [0.717, 1.165) is 32.3 Å². The Balaban J connectivity index is 1.97. The van der Waals surface area contributed by atoms with Crippen molar-refractivity contribution < 1.29 is 9.53 Å². The van der Waals surface area contributed by atoms with Crippen LogP contribution in [0.2, 0.25) is 0 Å². The highest BCUT2D eigenvalue weighted by Crippen LogP contribution is 2.46. The van der Waals surface area contributed by atoms with E-state index in [1.54, 1.807) is 0 Å². The predicted molar refractivity (Wildman–Crippen MR) is 75.7 cm³/mol. The third-order valence-corrected chi connectivity index (χ3v) is 5.20. The highest BCUT2D eigenvalue weighted by atomic mass is 16.5. The zero-order valence-electron chi connectivity index (χ0n) is 12.7. The Kier molecular flexibility index (Phi) is 4.21. The van der Waals surface area contributed by atoms with Gasteiger partial charge in [-0.25, -0.2) is 0 Å². The van der Waals surface area contributed by atoms with Crippen LogP contribution in [0.25, 0.3) is 0 Å². The Bertz CT molecular complexity index is 343. The van der Waals surface area contributed by atoms with E-state index in [2.05, 4.69) is 13.8 Å². The van der Waals surface area contributed by atoms with Gasteiger partial charge in [0.15, 0.2) is 0 Å². The zero-order chi connectivity index (χ0) is 14.2. The van der Waals surface area contributed by atoms with Crippen molar-refractivity contribution >= 4 is 5.91 Å². The van der Waals surface area contributed by atoms with Gasteiger partial charge in [0.1, 0.15) is 0 Å². The zero-order valence-corrected chi connectivity index (χ0v) is 12.7. The van der Waals surface area contributed by atoms with Gasteiger partial charge in [-0.2, -0.15) is 0 Å². The van der Waals surface area contributed by atoms with E-state index in [4.69, 9.17) is 10.5 Å². The topological polar surface area (TPSA) is 55.6 Å². The van der Waals surface area contributed by atoms with E-state index < -0.39 is 0 Å². The third kappa shape index (κ3) is 2.52. The molecule has 0 aromatic carbocycles. The molecule has 2 fully saturated rings. The summed E-state index contributed by atoms with van der Waals surface area (Å²) in [5.41, 5.74) is 6.09. The molecule has 0 bridgehead atoms. The molecule has 0 spiro atoms. The second-order valence-corrected chi connectivity index (χ2v) is 6.67. The van der Waals surface area contributed by atoms with Gasteiger partial charge in [0, 0.05) is 31.2 Å². The van der Waals surface area contributed by atoms with Crippen LogP contribution in [-0.2, 0) is 9.53 Å². The molecule has 4 atom stereocenters. The lowest BCUT2D eigenvalue weighted by Gasteiger charge is -2.55. The molecule has 2 aliphatic rings. The normalized spacial score (nSPS) is 36.9. The van der Waals surface area contributed by atoms with Gasteiger partial charge >= 0.3 is 0 Å². The molecule has 2 N–H and O–H groups in total. The monoisotopic (exact) mass is 268 g/mol. The molecule has 2 saturated carbocycles. The molecule has 0 aromatic rings. The molecule has 0 aromatic heterocycles. The van der Waals surface area contributed by atoms with Crippen LogP contribution in [0.15, 0.2) is 0 Å². The molecule has 110 valence electrons. The van der Waals surface area contributed by atoms with E-state index in [1.807, 2.05) is 18.9 Å². The fourth-order valence-corrected chi connectivity index (χ4v) is 3.72. The summed E-state index contributed by atoms with van der Waals surface area (Å²) in [7, 11) is 1.93. The van der Waals surface area contributed by atoms with Gasteiger partial charge in [-0.05, 0) is 26.2 Å². The maximum absolute atomic E-state index is 12.5. The van der Waals surface area contributed by atoms with Gasteiger partial charge < -0.3 is 15.4 Å². The molecule has 0 radical (unpaired) electrons. The molecule has 2 aliphatic carbocycles. The number of ether oxygens (including phenoxy) is 1. The summed E-state index contributed by atoms with van der Waals surface area (Å²) >= 11 is 0. The van der Waals surface area contributed by atoms with E-state index >= 15 is 0 Å². The Morgan fingerprint density at radius 3 is 2.58 bits per heavy atom. The van der Waals surface area contributed by atoms with Gasteiger partial charge in [0.2, 0.25) is 5.91 Å². The number of hydrogen-bond donors (Lipinski definition) is 1. The van der Waals surface area contributed by atoms with Crippen LogP contribution in [0.4, 0.5) is 0 Å². The number of rotatable bonds is 4. The van der Waals surface area contributed by atoms with Crippen molar-refractivity contribution in [3.8, 4) is 0 Å². The highest BCUT2D eigenvalue weighted by molar-refractivity contribution is 5.80. The summed E-state index contributed by atoms with van der Waals surface area (Å²) in [6.45, 7) is 7.15. The molecule has 0 heterocycles. The van der Waals surface area contributed by atoms with E-state index in [-0.39, 0.29) is 35.4 Å². The van der Waals surface area contributed by atoms with Gasteiger partial charge in [0.25, 0.3) is 0 Å². The minimum atomic E-state index is 0.0342. The minimum Gasteiger partial charge on any atom is -0.378 e.